The SMILES string of the molecule is CN/C(=C(\C=N)c1ccc2c(c1)OCCn1cc(-c3nc(C)nn3C(C)C)nc1-2)C1CCCN(C2CCOCC2)C1. The van der Waals surface area contributed by atoms with Crippen molar-refractivity contribution >= 4 is 11.8 Å². The van der Waals surface area contributed by atoms with E-state index in [0.29, 0.717) is 25.1 Å². The predicted molar refractivity (Wildman–Crippen MR) is 160 cm³/mol. The number of allylic oxidation sites excluding steroid dienone is 1. The first-order chi connectivity index (χ1) is 20.0. The fourth-order valence-electron chi connectivity index (χ4n) is 6.62. The van der Waals surface area contributed by atoms with Crippen molar-refractivity contribution in [2.45, 2.75) is 65.1 Å². The third-order valence-corrected chi connectivity index (χ3v) is 8.63. The molecule has 2 N–H and O–H groups in total. The summed E-state index contributed by atoms with van der Waals surface area (Å²) < 4.78 is 16.0. The number of benzene rings is 1. The highest BCUT2D eigenvalue weighted by Gasteiger charge is 2.30. The minimum Gasteiger partial charge on any atom is -0.491 e. The Bertz CT molecular complexity index is 1430. The molecule has 0 saturated carbocycles. The molecule has 2 fully saturated rings. The minimum atomic E-state index is 0.187. The number of imidazole rings is 1. The molecule has 0 spiro atoms. The molecule has 2 saturated heterocycles. The Balaban J connectivity index is 1.32. The van der Waals surface area contributed by atoms with Crippen LogP contribution < -0.4 is 10.1 Å². The zero-order valence-electron chi connectivity index (χ0n) is 24.7. The molecule has 6 rings (SSSR count). The van der Waals surface area contributed by atoms with Crippen molar-refractivity contribution in [3.05, 3.63) is 41.5 Å². The largest absolute Gasteiger partial charge is 0.491 e. The standard InChI is InChI=1S/C31H42N8O2/c1-20(2)39-31(34-21(3)36-39)27-19-38-12-15-41-28-16-22(7-8-25(28)30(38)35-27)26(17-32)29(33-4)23-6-5-11-37(18-23)24-9-13-40-14-10-24/h7-8,16-17,19-20,23-24,32-33H,5-6,9-15,18H2,1-4H3/b29-26+,32-17?. The molecule has 0 radical (unpaired) electrons. The summed E-state index contributed by atoms with van der Waals surface area (Å²) in [5.74, 6) is 3.54. The van der Waals surface area contributed by atoms with Crippen LogP contribution in [0, 0.1) is 18.3 Å². The Labute approximate surface area is 242 Å². The van der Waals surface area contributed by atoms with Gasteiger partial charge in [0.1, 0.15) is 29.7 Å². The van der Waals surface area contributed by atoms with Crippen LogP contribution in [-0.2, 0) is 11.3 Å². The van der Waals surface area contributed by atoms with Gasteiger partial charge in [0.2, 0.25) is 0 Å². The van der Waals surface area contributed by atoms with Crippen molar-refractivity contribution in [1.29, 1.82) is 5.41 Å². The van der Waals surface area contributed by atoms with E-state index in [4.69, 9.17) is 19.9 Å². The van der Waals surface area contributed by atoms with Crippen molar-refractivity contribution in [3.63, 3.8) is 0 Å². The van der Waals surface area contributed by atoms with Gasteiger partial charge in [-0.2, -0.15) is 5.10 Å². The summed E-state index contributed by atoms with van der Waals surface area (Å²) in [4.78, 5) is 12.4. The van der Waals surface area contributed by atoms with Crippen LogP contribution in [0.5, 0.6) is 5.75 Å². The van der Waals surface area contributed by atoms with Gasteiger partial charge in [-0.15, -0.1) is 0 Å². The van der Waals surface area contributed by atoms with E-state index >= 15 is 0 Å². The first-order valence-corrected chi connectivity index (χ1v) is 15.0. The molecule has 0 amide bonds. The van der Waals surface area contributed by atoms with Crippen molar-refractivity contribution in [1.82, 2.24) is 34.5 Å². The monoisotopic (exact) mass is 558 g/mol. The van der Waals surface area contributed by atoms with Gasteiger partial charge in [-0.05, 0) is 70.7 Å². The fraction of sp³-hybridized carbons (Fsp3) is 0.548. The number of hydrogen-bond donors (Lipinski definition) is 2. The van der Waals surface area contributed by atoms with E-state index in [9.17, 15) is 0 Å². The first kappa shape index (κ1) is 27.7. The van der Waals surface area contributed by atoms with Gasteiger partial charge in [-0.3, -0.25) is 4.90 Å². The third kappa shape index (κ3) is 5.42. The lowest BCUT2D eigenvalue weighted by Crippen LogP contribution is -2.46. The van der Waals surface area contributed by atoms with Gasteiger partial charge < -0.3 is 24.8 Å². The maximum atomic E-state index is 8.43. The van der Waals surface area contributed by atoms with Crippen LogP contribution in [0.15, 0.2) is 30.1 Å². The van der Waals surface area contributed by atoms with Gasteiger partial charge in [0, 0.05) is 68.5 Å². The van der Waals surface area contributed by atoms with Gasteiger partial charge in [0.15, 0.2) is 5.82 Å². The molecule has 3 aliphatic rings. The molecule has 3 aliphatic heterocycles. The Morgan fingerprint density at radius 1 is 1.10 bits per heavy atom. The fourth-order valence-corrected chi connectivity index (χ4v) is 6.62. The summed E-state index contributed by atoms with van der Waals surface area (Å²) in [6.07, 6.45) is 8.06. The molecule has 5 heterocycles. The average molecular weight is 559 g/mol. The lowest BCUT2D eigenvalue weighted by Gasteiger charge is -2.40. The molecule has 1 unspecified atom stereocenters. The van der Waals surface area contributed by atoms with Crippen molar-refractivity contribution in [3.8, 4) is 28.7 Å². The van der Waals surface area contributed by atoms with Crippen LogP contribution in [0.25, 0.3) is 28.5 Å². The Morgan fingerprint density at radius 2 is 1.93 bits per heavy atom. The zero-order chi connectivity index (χ0) is 28.5. The third-order valence-electron chi connectivity index (χ3n) is 8.63. The first-order valence-electron chi connectivity index (χ1n) is 15.0. The Morgan fingerprint density at radius 3 is 2.68 bits per heavy atom. The van der Waals surface area contributed by atoms with E-state index in [1.807, 2.05) is 18.7 Å². The summed E-state index contributed by atoms with van der Waals surface area (Å²) in [7, 11) is 1.99. The van der Waals surface area contributed by atoms with Crippen LogP contribution in [0.2, 0.25) is 0 Å². The Kier molecular flexibility index (Phi) is 7.94. The van der Waals surface area contributed by atoms with Crippen LogP contribution in [-0.4, -0.2) is 81.4 Å². The van der Waals surface area contributed by atoms with E-state index in [-0.39, 0.29) is 6.04 Å². The number of fused-ring (bicyclic) bond motifs is 3. The van der Waals surface area contributed by atoms with Crippen LogP contribution in [0.4, 0.5) is 0 Å². The maximum absolute atomic E-state index is 8.43. The number of rotatable bonds is 7. The summed E-state index contributed by atoms with van der Waals surface area (Å²) >= 11 is 0. The van der Waals surface area contributed by atoms with Crippen molar-refractivity contribution in [2.24, 2.45) is 5.92 Å². The molecule has 2 aromatic heterocycles. The molecular formula is C31H42N8O2. The van der Waals surface area contributed by atoms with E-state index in [2.05, 4.69) is 63.1 Å². The summed E-state index contributed by atoms with van der Waals surface area (Å²) in [6, 6.07) is 7.05. The minimum absolute atomic E-state index is 0.187. The molecule has 41 heavy (non-hydrogen) atoms. The van der Waals surface area contributed by atoms with E-state index in [0.717, 1.165) is 96.9 Å². The van der Waals surface area contributed by atoms with E-state index < -0.39 is 0 Å². The lowest BCUT2D eigenvalue weighted by molar-refractivity contribution is 0.0206. The van der Waals surface area contributed by atoms with E-state index in [1.54, 1.807) is 0 Å². The molecule has 0 aliphatic carbocycles. The van der Waals surface area contributed by atoms with Gasteiger partial charge >= 0.3 is 0 Å². The zero-order valence-corrected chi connectivity index (χ0v) is 24.7. The van der Waals surface area contributed by atoms with Crippen molar-refractivity contribution < 1.29 is 9.47 Å². The number of ether oxygens (including phenoxy) is 2. The van der Waals surface area contributed by atoms with E-state index in [1.165, 1.54) is 12.6 Å². The molecule has 10 heteroatoms. The van der Waals surface area contributed by atoms with Crippen LogP contribution in [0.3, 0.4) is 0 Å². The number of hydrogen-bond acceptors (Lipinski definition) is 8. The van der Waals surface area contributed by atoms with Crippen molar-refractivity contribution in [2.75, 3.05) is 40.0 Å². The van der Waals surface area contributed by atoms with Crippen LogP contribution >= 0.6 is 0 Å². The molecular weight excluding hydrogens is 516 g/mol. The molecule has 1 aromatic carbocycles. The Hall–Kier alpha value is -3.50. The lowest BCUT2D eigenvalue weighted by atomic mass is 9.88. The predicted octanol–water partition coefficient (Wildman–Crippen LogP) is 4.56. The van der Waals surface area contributed by atoms with Crippen LogP contribution in [0.1, 0.15) is 57.0 Å². The quantitative estimate of drug-likeness (QED) is 0.410. The molecule has 10 nitrogen and oxygen atoms in total. The second kappa shape index (κ2) is 11.8. The highest BCUT2D eigenvalue weighted by molar-refractivity contribution is 6.10. The summed E-state index contributed by atoms with van der Waals surface area (Å²) in [5, 5.41) is 16.5. The number of aromatic nitrogens is 5. The van der Waals surface area contributed by atoms with Gasteiger partial charge in [-0.1, -0.05) is 6.07 Å². The highest BCUT2D eigenvalue weighted by Crippen LogP contribution is 2.37. The number of nitrogens with one attached hydrogen (secondary N) is 2. The molecule has 0 bridgehead atoms. The second-order valence-corrected chi connectivity index (χ2v) is 11.6. The molecule has 1 atom stereocenters. The smallest absolute Gasteiger partial charge is 0.178 e. The molecule has 218 valence electrons. The average Bonchev–Trinajstić information content (AvgIpc) is 3.55. The summed E-state index contributed by atoms with van der Waals surface area (Å²) in [5.41, 5.74) is 4.81. The maximum Gasteiger partial charge on any atom is 0.178 e. The number of likely N-dealkylation sites (tertiary alicyclic amines) is 1. The summed E-state index contributed by atoms with van der Waals surface area (Å²) in [6.45, 7) is 11.2. The number of piperidine rings is 1. The highest BCUT2D eigenvalue weighted by atomic mass is 16.5. The van der Waals surface area contributed by atoms with Gasteiger partial charge in [0.05, 0.1) is 12.1 Å². The second-order valence-electron chi connectivity index (χ2n) is 11.6. The molecule has 3 aromatic rings. The van der Waals surface area contributed by atoms with Gasteiger partial charge in [0.25, 0.3) is 0 Å². The van der Waals surface area contributed by atoms with Gasteiger partial charge in [-0.25, -0.2) is 14.6 Å². The topological polar surface area (TPSA) is 106 Å². The number of nitrogens with zero attached hydrogens (tertiary/aromatic N) is 6. The number of aryl methyl sites for hydroxylation is 1. The normalized spacial score (nSPS) is 20.6.